The lowest BCUT2D eigenvalue weighted by atomic mass is 10.7. The summed E-state index contributed by atoms with van der Waals surface area (Å²) in [6, 6.07) is 0. The van der Waals surface area contributed by atoms with Crippen molar-refractivity contribution in [3.8, 4) is 0 Å². The van der Waals surface area contributed by atoms with Gasteiger partial charge >= 0.3 is 0 Å². The zero-order chi connectivity index (χ0) is 4.28. The molecule has 0 aliphatic rings. The number of halogens is 1. The van der Waals surface area contributed by atoms with Gasteiger partial charge in [-0.3, -0.25) is 0 Å². The van der Waals surface area contributed by atoms with Crippen LogP contribution in [0.3, 0.4) is 0 Å². The van der Waals surface area contributed by atoms with Crippen molar-refractivity contribution < 1.29 is 4.39 Å². The third kappa shape index (κ3) is 3.89. The molecule has 0 amide bonds. The highest BCUT2D eigenvalue weighted by molar-refractivity contribution is 6.12. The maximum absolute atomic E-state index is 11.2. The standard InChI is InChI=1S/C3H4FSi/c1-2-3(4)5/h2-3H,1H2. The summed E-state index contributed by atoms with van der Waals surface area (Å²) in [7, 11) is 2.63. The smallest absolute Gasteiger partial charge is 0.0992 e. The molecule has 1 unspecified atom stereocenters. The summed E-state index contributed by atoms with van der Waals surface area (Å²) in [5, 5.41) is 0. The summed E-state index contributed by atoms with van der Waals surface area (Å²) in [5.74, 6) is -1.05. The highest BCUT2D eigenvalue weighted by Gasteiger charge is 1.80. The van der Waals surface area contributed by atoms with Gasteiger partial charge in [-0.25, -0.2) is 4.39 Å². The maximum atomic E-state index is 11.2. The Hall–Kier alpha value is -0.113. The average molecular weight is 87.1 g/mol. The molecule has 0 N–H and O–H groups in total. The number of alkyl halides is 1. The molecule has 27 valence electrons. The van der Waals surface area contributed by atoms with E-state index in [1.807, 2.05) is 0 Å². The first-order chi connectivity index (χ1) is 2.27. The number of rotatable bonds is 1. The molecule has 0 aliphatic heterocycles. The van der Waals surface area contributed by atoms with Crippen LogP contribution in [0, 0.1) is 0 Å². The zero-order valence-corrected chi connectivity index (χ0v) is 3.74. The van der Waals surface area contributed by atoms with Crippen molar-refractivity contribution in [2.45, 2.75) is 5.79 Å². The van der Waals surface area contributed by atoms with Gasteiger partial charge in [-0.1, -0.05) is 6.08 Å². The largest absolute Gasteiger partial charge is 0.248 e. The molecular formula is C3H4FSi. The third-order valence-electron chi connectivity index (χ3n) is 0.207. The fraction of sp³-hybridized carbons (Fsp3) is 0.333. The van der Waals surface area contributed by atoms with Gasteiger partial charge < -0.3 is 0 Å². The Kier molecular flexibility index (Phi) is 2.10. The van der Waals surface area contributed by atoms with Gasteiger partial charge in [0.2, 0.25) is 0 Å². The minimum Gasteiger partial charge on any atom is -0.248 e. The Morgan fingerprint density at radius 3 is 2.20 bits per heavy atom. The highest BCUT2D eigenvalue weighted by atomic mass is 28.1. The quantitative estimate of drug-likeness (QED) is 0.325. The first-order valence-corrected chi connectivity index (χ1v) is 1.83. The summed E-state index contributed by atoms with van der Waals surface area (Å²) < 4.78 is 11.2. The van der Waals surface area contributed by atoms with Gasteiger partial charge in [0.15, 0.2) is 0 Å². The zero-order valence-electron chi connectivity index (χ0n) is 2.74. The third-order valence-corrected chi connectivity index (χ3v) is 0.443. The van der Waals surface area contributed by atoms with Gasteiger partial charge in [-0.05, 0) is 0 Å². The van der Waals surface area contributed by atoms with Gasteiger partial charge in [0.25, 0.3) is 0 Å². The summed E-state index contributed by atoms with van der Waals surface area (Å²) in [5.41, 5.74) is 0. The molecule has 0 nitrogen and oxygen atoms in total. The average Bonchev–Trinajstić information content (AvgIpc) is 1.38. The van der Waals surface area contributed by atoms with Crippen molar-refractivity contribution in [2.75, 3.05) is 0 Å². The number of hydrogen-bond acceptors (Lipinski definition) is 0. The van der Waals surface area contributed by atoms with E-state index in [-0.39, 0.29) is 0 Å². The van der Waals surface area contributed by atoms with Crippen molar-refractivity contribution in [1.82, 2.24) is 0 Å². The van der Waals surface area contributed by atoms with Crippen LogP contribution in [0.2, 0.25) is 0 Å². The van der Waals surface area contributed by atoms with E-state index in [0.717, 1.165) is 6.08 Å². The van der Waals surface area contributed by atoms with Crippen molar-refractivity contribution in [1.29, 1.82) is 0 Å². The highest BCUT2D eigenvalue weighted by Crippen LogP contribution is 1.77. The predicted molar refractivity (Wildman–Crippen MR) is 20.8 cm³/mol. The summed E-state index contributed by atoms with van der Waals surface area (Å²) >= 11 is 0. The van der Waals surface area contributed by atoms with Gasteiger partial charge in [-0.15, -0.1) is 6.58 Å². The monoisotopic (exact) mass is 87.0 g/mol. The van der Waals surface area contributed by atoms with Gasteiger partial charge in [0.1, 0.15) is 0 Å². The molecule has 0 saturated carbocycles. The van der Waals surface area contributed by atoms with E-state index in [2.05, 4.69) is 16.8 Å². The first kappa shape index (κ1) is 4.89. The van der Waals surface area contributed by atoms with Crippen LogP contribution >= 0.6 is 0 Å². The van der Waals surface area contributed by atoms with Crippen LogP contribution in [0.4, 0.5) is 4.39 Å². The predicted octanol–water partition coefficient (Wildman–Crippen LogP) is 0.636. The van der Waals surface area contributed by atoms with Crippen LogP contribution in [-0.4, -0.2) is 16.0 Å². The minimum absolute atomic E-state index is 1.05. The molecule has 3 radical (unpaired) electrons. The second kappa shape index (κ2) is 2.14. The van der Waals surface area contributed by atoms with Crippen molar-refractivity contribution in [3.05, 3.63) is 12.7 Å². The second-order valence-corrected chi connectivity index (χ2v) is 1.19. The van der Waals surface area contributed by atoms with Crippen LogP contribution in [0.25, 0.3) is 0 Å². The molecular weight excluding hydrogens is 83.1 g/mol. The Labute approximate surface area is 34.1 Å². The van der Waals surface area contributed by atoms with Crippen molar-refractivity contribution in [3.63, 3.8) is 0 Å². The molecule has 0 saturated heterocycles. The van der Waals surface area contributed by atoms with Crippen LogP contribution < -0.4 is 0 Å². The lowest BCUT2D eigenvalue weighted by Crippen LogP contribution is -1.87. The van der Waals surface area contributed by atoms with Crippen LogP contribution in [0.5, 0.6) is 0 Å². The van der Waals surface area contributed by atoms with Gasteiger partial charge in [0, 0.05) is 0 Å². The molecule has 1 atom stereocenters. The molecule has 0 aromatic heterocycles. The van der Waals surface area contributed by atoms with Crippen LogP contribution in [0.1, 0.15) is 0 Å². The minimum atomic E-state index is -1.05. The van der Waals surface area contributed by atoms with E-state index in [0.29, 0.717) is 0 Å². The van der Waals surface area contributed by atoms with Gasteiger partial charge in [-0.2, -0.15) is 0 Å². The maximum Gasteiger partial charge on any atom is 0.0992 e. The Morgan fingerprint density at radius 2 is 2.20 bits per heavy atom. The molecule has 0 heterocycles. The molecule has 0 aromatic rings. The summed E-state index contributed by atoms with van der Waals surface area (Å²) in [6.07, 6.45) is 1.16. The van der Waals surface area contributed by atoms with E-state index in [4.69, 9.17) is 0 Å². The number of allylic oxidation sites excluding steroid dienone is 1. The summed E-state index contributed by atoms with van der Waals surface area (Å²) in [6.45, 7) is 3.14. The Bertz CT molecular complexity index is 33.9. The SMILES string of the molecule is C=CC(F)[Si]. The van der Waals surface area contributed by atoms with E-state index < -0.39 is 5.79 Å². The van der Waals surface area contributed by atoms with E-state index in [1.165, 1.54) is 0 Å². The second-order valence-electron chi connectivity index (χ2n) is 0.637. The van der Waals surface area contributed by atoms with Crippen molar-refractivity contribution in [2.24, 2.45) is 0 Å². The van der Waals surface area contributed by atoms with E-state index >= 15 is 0 Å². The molecule has 0 aliphatic carbocycles. The van der Waals surface area contributed by atoms with Crippen molar-refractivity contribution >= 4 is 10.2 Å². The topological polar surface area (TPSA) is 0 Å². The molecule has 0 spiro atoms. The molecule has 0 bridgehead atoms. The molecule has 0 aromatic carbocycles. The van der Waals surface area contributed by atoms with E-state index in [9.17, 15) is 4.39 Å². The fourth-order valence-corrected chi connectivity index (χ4v) is 0. The lowest BCUT2D eigenvalue weighted by Gasteiger charge is -1.79. The van der Waals surface area contributed by atoms with Crippen LogP contribution in [-0.2, 0) is 0 Å². The molecule has 5 heavy (non-hydrogen) atoms. The normalized spacial score (nSPS) is 14.0. The van der Waals surface area contributed by atoms with Gasteiger partial charge in [0.05, 0.1) is 16.0 Å². The molecule has 2 heteroatoms. The Morgan fingerprint density at radius 1 is 2.00 bits per heavy atom. The van der Waals surface area contributed by atoms with E-state index in [1.54, 1.807) is 0 Å². The summed E-state index contributed by atoms with van der Waals surface area (Å²) in [4.78, 5) is 0. The lowest BCUT2D eigenvalue weighted by molar-refractivity contribution is 0.512. The fourth-order valence-electron chi connectivity index (χ4n) is 0. The first-order valence-electron chi connectivity index (χ1n) is 1.25. The number of hydrogen-bond donors (Lipinski definition) is 0. The van der Waals surface area contributed by atoms with Crippen LogP contribution in [0.15, 0.2) is 12.7 Å². The molecule has 0 rings (SSSR count). The Balaban J connectivity index is 2.83. The molecule has 0 fully saturated rings.